The summed E-state index contributed by atoms with van der Waals surface area (Å²) in [6, 6.07) is 14.0. The van der Waals surface area contributed by atoms with Crippen LogP contribution in [0.15, 0.2) is 61.1 Å². The second-order valence-corrected chi connectivity index (χ2v) is 9.09. The zero-order valence-corrected chi connectivity index (χ0v) is 20.3. The third-order valence-corrected chi connectivity index (χ3v) is 6.41. The van der Waals surface area contributed by atoms with Crippen molar-refractivity contribution in [1.82, 2.24) is 19.3 Å². The van der Waals surface area contributed by atoms with Gasteiger partial charge in [0.25, 0.3) is 5.91 Å². The van der Waals surface area contributed by atoms with E-state index in [1.54, 1.807) is 12.3 Å². The molecule has 2 aromatic carbocycles. The average molecular weight is 471 g/mol. The lowest BCUT2D eigenvalue weighted by atomic mass is 10.1. The van der Waals surface area contributed by atoms with Gasteiger partial charge in [-0.1, -0.05) is 6.07 Å². The molecule has 0 radical (unpaired) electrons. The van der Waals surface area contributed by atoms with Gasteiger partial charge in [0.15, 0.2) is 11.5 Å². The quantitative estimate of drug-likeness (QED) is 0.447. The number of aromatic nitrogens is 3. The fourth-order valence-corrected chi connectivity index (χ4v) is 4.38. The minimum atomic E-state index is -0.458. The summed E-state index contributed by atoms with van der Waals surface area (Å²) in [5.41, 5.74) is 11.3. The van der Waals surface area contributed by atoms with Crippen molar-refractivity contribution in [2.45, 2.75) is 0 Å². The fourth-order valence-electron chi connectivity index (χ4n) is 4.38. The molecule has 0 aliphatic carbocycles. The Balaban J connectivity index is 1.46. The number of nitrogens with zero attached hydrogens (tertiary/aromatic N) is 6. The van der Waals surface area contributed by atoms with Gasteiger partial charge in [0.05, 0.1) is 11.3 Å². The second kappa shape index (κ2) is 9.27. The standard InChI is InChI=1S/C26H30N8O/c1-31(2)23-16-18(4-9-21(23)24(27)35)22-17-34-11-10-28-26(34)25(30-22)29-19-5-7-20(8-6-19)33-14-12-32(3)13-15-33/h4-11,16-17H,12-15H2,1-3H3,(H2,27,35)(H,29,30). The number of nitrogens with two attached hydrogens (primary N) is 1. The van der Waals surface area contributed by atoms with Crippen LogP contribution in [0.3, 0.4) is 0 Å². The SMILES string of the molecule is CN1CCN(c2ccc(Nc3nc(-c4ccc(C(N)=O)c(N(C)C)c4)cn4ccnc34)cc2)CC1. The van der Waals surface area contributed by atoms with E-state index in [4.69, 9.17) is 10.7 Å². The Morgan fingerprint density at radius 1 is 1.06 bits per heavy atom. The molecule has 35 heavy (non-hydrogen) atoms. The maximum atomic E-state index is 11.9. The first-order chi connectivity index (χ1) is 16.9. The summed E-state index contributed by atoms with van der Waals surface area (Å²) in [6.45, 7) is 4.21. The number of imidazole rings is 1. The van der Waals surface area contributed by atoms with E-state index in [1.807, 2.05) is 47.9 Å². The molecule has 3 heterocycles. The van der Waals surface area contributed by atoms with E-state index in [2.05, 4.69) is 51.4 Å². The lowest BCUT2D eigenvalue weighted by Gasteiger charge is -2.34. The Labute approximate surface area is 204 Å². The number of amides is 1. The summed E-state index contributed by atoms with van der Waals surface area (Å²) in [5.74, 6) is 0.200. The Morgan fingerprint density at radius 3 is 2.49 bits per heavy atom. The van der Waals surface area contributed by atoms with Crippen molar-refractivity contribution in [3.05, 3.63) is 66.6 Å². The third kappa shape index (κ3) is 4.63. The van der Waals surface area contributed by atoms with Crippen LogP contribution in [0, 0.1) is 0 Å². The maximum absolute atomic E-state index is 11.9. The van der Waals surface area contributed by atoms with Crippen LogP contribution in [-0.2, 0) is 0 Å². The first kappa shape index (κ1) is 22.7. The predicted octanol–water partition coefficient (Wildman–Crippen LogP) is 3.06. The van der Waals surface area contributed by atoms with Crippen LogP contribution in [0.4, 0.5) is 22.9 Å². The highest BCUT2D eigenvalue weighted by Gasteiger charge is 2.16. The largest absolute Gasteiger partial charge is 0.377 e. The fraction of sp³-hybridized carbons (Fsp3) is 0.269. The van der Waals surface area contributed by atoms with Crippen LogP contribution < -0.4 is 20.9 Å². The van der Waals surface area contributed by atoms with Crippen molar-refractivity contribution in [3.63, 3.8) is 0 Å². The molecule has 0 bridgehead atoms. The van der Waals surface area contributed by atoms with Crippen LogP contribution in [0.2, 0.25) is 0 Å². The van der Waals surface area contributed by atoms with E-state index in [0.29, 0.717) is 11.4 Å². The van der Waals surface area contributed by atoms with Crippen molar-refractivity contribution in [2.75, 3.05) is 62.4 Å². The zero-order chi connectivity index (χ0) is 24.5. The maximum Gasteiger partial charge on any atom is 0.250 e. The van der Waals surface area contributed by atoms with Crippen LogP contribution in [0.25, 0.3) is 16.9 Å². The number of carbonyl (C=O) groups is 1. The third-order valence-electron chi connectivity index (χ3n) is 6.41. The average Bonchev–Trinajstić information content (AvgIpc) is 3.34. The first-order valence-corrected chi connectivity index (χ1v) is 11.6. The molecule has 1 aliphatic rings. The molecular weight excluding hydrogens is 440 g/mol. The molecule has 0 spiro atoms. The van der Waals surface area contributed by atoms with Crippen molar-refractivity contribution in [1.29, 1.82) is 0 Å². The van der Waals surface area contributed by atoms with Crippen molar-refractivity contribution in [2.24, 2.45) is 5.73 Å². The van der Waals surface area contributed by atoms with Gasteiger partial charge < -0.3 is 30.2 Å². The number of carbonyl (C=O) groups excluding carboxylic acids is 1. The highest BCUT2D eigenvalue weighted by Crippen LogP contribution is 2.29. The van der Waals surface area contributed by atoms with Gasteiger partial charge in [0.2, 0.25) is 0 Å². The molecule has 9 nitrogen and oxygen atoms in total. The Morgan fingerprint density at radius 2 is 1.80 bits per heavy atom. The number of primary amides is 1. The molecule has 9 heteroatoms. The van der Waals surface area contributed by atoms with Gasteiger partial charge in [-0.15, -0.1) is 0 Å². The van der Waals surface area contributed by atoms with Crippen LogP contribution in [0.5, 0.6) is 0 Å². The summed E-state index contributed by atoms with van der Waals surface area (Å²) in [4.78, 5) is 27.9. The highest BCUT2D eigenvalue weighted by molar-refractivity contribution is 5.99. The molecule has 1 saturated heterocycles. The van der Waals surface area contributed by atoms with Gasteiger partial charge in [-0.3, -0.25) is 4.79 Å². The van der Waals surface area contributed by atoms with Crippen molar-refractivity contribution < 1.29 is 4.79 Å². The topological polar surface area (TPSA) is 95.0 Å². The number of piperazine rings is 1. The van der Waals surface area contributed by atoms with Gasteiger partial charge >= 0.3 is 0 Å². The summed E-state index contributed by atoms with van der Waals surface area (Å²) in [5, 5.41) is 3.44. The van der Waals surface area contributed by atoms with Gasteiger partial charge in [0.1, 0.15) is 0 Å². The molecule has 0 atom stereocenters. The van der Waals surface area contributed by atoms with E-state index in [0.717, 1.165) is 54.5 Å². The van der Waals surface area contributed by atoms with Gasteiger partial charge in [-0.05, 0) is 43.4 Å². The van der Waals surface area contributed by atoms with E-state index >= 15 is 0 Å². The van der Waals surface area contributed by atoms with Crippen molar-refractivity contribution >= 4 is 34.4 Å². The van der Waals surface area contributed by atoms with E-state index in [-0.39, 0.29) is 0 Å². The summed E-state index contributed by atoms with van der Waals surface area (Å²) in [7, 11) is 5.93. The molecule has 0 saturated carbocycles. The van der Waals surface area contributed by atoms with Crippen LogP contribution in [0.1, 0.15) is 10.4 Å². The molecule has 180 valence electrons. The van der Waals surface area contributed by atoms with Gasteiger partial charge in [-0.25, -0.2) is 9.97 Å². The van der Waals surface area contributed by atoms with Crippen molar-refractivity contribution in [3.8, 4) is 11.3 Å². The Kier molecular flexibility index (Phi) is 6.00. The molecular formula is C26H30N8O. The number of rotatable bonds is 6. The lowest BCUT2D eigenvalue weighted by molar-refractivity contribution is 0.100. The predicted molar refractivity (Wildman–Crippen MR) is 141 cm³/mol. The Bertz CT molecular complexity index is 1350. The van der Waals surface area contributed by atoms with Gasteiger partial charge in [0, 0.05) is 81.5 Å². The summed E-state index contributed by atoms with van der Waals surface area (Å²) in [6.07, 6.45) is 5.58. The minimum absolute atomic E-state index is 0.458. The minimum Gasteiger partial charge on any atom is -0.377 e. The van der Waals surface area contributed by atoms with Gasteiger partial charge in [-0.2, -0.15) is 0 Å². The highest BCUT2D eigenvalue weighted by atomic mass is 16.1. The normalized spacial score (nSPS) is 14.3. The number of hydrogen-bond acceptors (Lipinski definition) is 7. The smallest absolute Gasteiger partial charge is 0.250 e. The van der Waals surface area contributed by atoms with E-state index in [9.17, 15) is 4.79 Å². The Hall–Kier alpha value is -4.11. The molecule has 1 aliphatic heterocycles. The summed E-state index contributed by atoms with van der Waals surface area (Å²) < 4.78 is 1.95. The second-order valence-electron chi connectivity index (χ2n) is 9.09. The number of fused-ring (bicyclic) bond motifs is 1. The molecule has 1 amide bonds. The zero-order valence-electron chi connectivity index (χ0n) is 20.3. The molecule has 3 N–H and O–H groups in total. The summed E-state index contributed by atoms with van der Waals surface area (Å²) >= 11 is 0. The molecule has 1 fully saturated rings. The number of benzene rings is 2. The first-order valence-electron chi connectivity index (χ1n) is 11.6. The number of hydrogen-bond donors (Lipinski definition) is 2. The molecule has 2 aromatic heterocycles. The van der Waals surface area contributed by atoms with Crippen LogP contribution >= 0.6 is 0 Å². The number of anilines is 4. The monoisotopic (exact) mass is 470 g/mol. The number of likely N-dealkylation sites (N-methyl/N-ethyl adjacent to an activating group) is 1. The van der Waals surface area contributed by atoms with E-state index < -0.39 is 5.91 Å². The van der Waals surface area contributed by atoms with Crippen LogP contribution in [-0.4, -0.2) is 72.5 Å². The molecule has 5 rings (SSSR count). The van der Waals surface area contributed by atoms with E-state index in [1.165, 1.54) is 5.69 Å². The number of nitrogens with one attached hydrogen (secondary N) is 1. The molecule has 0 unspecified atom stereocenters. The molecule has 4 aromatic rings. The lowest BCUT2D eigenvalue weighted by Crippen LogP contribution is -2.44.